The topological polar surface area (TPSA) is 100 Å². The van der Waals surface area contributed by atoms with Gasteiger partial charge in [0.2, 0.25) is 5.91 Å². The van der Waals surface area contributed by atoms with E-state index in [4.69, 9.17) is 9.84 Å². The summed E-state index contributed by atoms with van der Waals surface area (Å²) in [5, 5.41) is 9.47. The summed E-state index contributed by atoms with van der Waals surface area (Å²) >= 11 is 6.07. The minimum Gasteiger partial charge on any atom is -0.481 e. The minimum absolute atomic E-state index is 0.0385. The van der Waals surface area contributed by atoms with E-state index >= 15 is 0 Å². The van der Waals surface area contributed by atoms with Crippen LogP contribution < -0.4 is 4.90 Å². The maximum atomic E-state index is 13.2. The van der Waals surface area contributed by atoms with Gasteiger partial charge in [-0.15, -0.1) is 23.1 Å². The van der Waals surface area contributed by atoms with Gasteiger partial charge in [-0.1, -0.05) is 15.9 Å². The zero-order valence-corrected chi connectivity index (χ0v) is 19.9. The van der Waals surface area contributed by atoms with Gasteiger partial charge in [0, 0.05) is 35.2 Å². The first-order valence-electron chi connectivity index (χ1n) is 9.54. The van der Waals surface area contributed by atoms with E-state index in [-0.39, 0.29) is 29.6 Å². The summed E-state index contributed by atoms with van der Waals surface area (Å²) < 4.78 is 6.59. The largest absolute Gasteiger partial charge is 0.481 e. The quantitative estimate of drug-likeness (QED) is 0.597. The first-order chi connectivity index (χ1) is 14.8. The number of anilines is 1. The van der Waals surface area contributed by atoms with E-state index in [1.165, 1.54) is 30.2 Å². The van der Waals surface area contributed by atoms with E-state index in [0.29, 0.717) is 24.6 Å². The van der Waals surface area contributed by atoms with Crippen molar-refractivity contribution < 1.29 is 24.2 Å². The Morgan fingerprint density at radius 1 is 1.35 bits per heavy atom. The summed E-state index contributed by atoms with van der Waals surface area (Å²) in [5.74, 6) is -0.997. The van der Waals surface area contributed by atoms with E-state index in [9.17, 15) is 14.4 Å². The number of likely N-dealkylation sites (tertiary alicyclic amines) is 1. The Hall–Kier alpha value is -2.11. The third-order valence-corrected chi connectivity index (χ3v) is 8.21. The number of fused-ring (bicyclic) bond motifs is 2. The molecule has 0 saturated carbocycles. The second-order valence-electron chi connectivity index (χ2n) is 7.50. The molecule has 11 heteroatoms. The van der Waals surface area contributed by atoms with Crippen LogP contribution in [0.3, 0.4) is 0 Å². The molecule has 31 heavy (non-hydrogen) atoms. The summed E-state index contributed by atoms with van der Waals surface area (Å²) in [6.45, 7) is 1.58. The molecule has 2 aliphatic rings. The number of methoxy groups -OCH3 is 1. The summed E-state index contributed by atoms with van der Waals surface area (Å²) in [6.07, 6.45) is 2.16. The van der Waals surface area contributed by atoms with Crippen LogP contribution in [0, 0.1) is 0 Å². The van der Waals surface area contributed by atoms with E-state index in [2.05, 4.69) is 20.9 Å². The van der Waals surface area contributed by atoms with E-state index < -0.39 is 5.97 Å². The highest BCUT2D eigenvalue weighted by atomic mass is 79.9. The van der Waals surface area contributed by atoms with Gasteiger partial charge >= 0.3 is 12.1 Å². The average molecular weight is 526 g/mol. The molecule has 2 aromatic rings. The summed E-state index contributed by atoms with van der Waals surface area (Å²) in [6, 6.07) is 5.88. The number of nitrogens with zero attached hydrogens (tertiary/aromatic N) is 3. The number of hydrogen-bond donors (Lipinski definition) is 1. The second-order valence-corrected chi connectivity index (χ2v) is 10.8. The van der Waals surface area contributed by atoms with Crippen molar-refractivity contribution in [2.24, 2.45) is 0 Å². The van der Waals surface area contributed by atoms with Gasteiger partial charge in [-0.05, 0) is 30.2 Å². The van der Waals surface area contributed by atoms with Crippen LogP contribution in [0.25, 0.3) is 0 Å². The van der Waals surface area contributed by atoms with Gasteiger partial charge in [0.1, 0.15) is 5.01 Å². The lowest BCUT2D eigenvalue weighted by Gasteiger charge is -2.25. The van der Waals surface area contributed by atoms with Gasteiger partial charge in [0.25, 0.3) is 0 Å². The number of benzene rings is 1. The number of aliphatic carboxylic acids is 1. The molecule has 1 fully saturated rings. The fraction of sp³-hybridized carbons (Fsp3) is 0.400. The molecule has 8 nitrogen and oxygen atoms in total. The van der Waals surface area contributed by atoms with Crippen LogP contribution in [-0.4, -0.2) is 65.5 Å². The number of carbonyl (C=O) groups excluding carboxylic acids is 2. The highest BCUT2D eigenvalue weighted by Gasteiger charge is 2.50. The third kappa shape index (κ3) is 4.44. The smallest absolute Gasteiger partial charge is 0.409 e. The number of carboxylic acid groups (broad SMARTS) is 1. The normalized spacial score (nSPS) is 19.7. The van der Waals surface area contributed by atoms with Gasteiger partial charge < -0.3 is 19.6 Å². The Kier molecular flexibility index (Phi) is 6.27. The molecule has 164 valence electrons. The Morgan fingerprint density at radius 3 is 2.90 bits per heavy atom. The van der Waals surface area contributed by atoms with Gasteiger partial charge in [-0.2, -0.15) is 0 Å². The standard InChI is InChI=1S/C20H20BrN3O5S2/c1-29-19(28)23-5-4-20(10-23)11-24(14-3-2-12(21)6-13(14)20)16(25)7-15-22-8-18(31-15)30-9-17(26)27/h2-3,6,8H,4-5,7,9-11H2,1H3,(H,26,27). The number of thioether (sulfide) groups is 1. The molecule has 0 radical (unpaired) electrons. The fourth-order valence-electron chi connectivity index (χ4n) is 4.17. The molecule has 1 N–H and O–H groups in total. The summed E-state index contributed by atoms with van der Waals surface area (Å²) in [5.41, 5.74) is 1.59. The molecule has 1 aromatic carbocycles. The number of carbonyl (C=O) groups is 3. The molecule has 1 atom stereocenters. The number of ether oxygens (including phenoxy) is 1. The Bertz CT molecular complexity index is 1050. The maximum Gasteiger partial charge on any atom is 0.409 e. The summed E-state index contributed by atoms with van der Waals surface area (Å²) in [7, 11) is 1.37. The zero-order chi connectivity index (χ0) is 22.2. The molecule has 2 amide bonds. The monoisotopic (exact) mass is 525 g/mol. The van der Waals surface area contributed by atoms with Crippen LogP contribution in [0.2, 0.25) is 0 Å². The van der Waals surface area contributed by atoms with Gasteiger partial charge in [0.05, 0.1) is 29.7 Å². The van der Waals surface area contributed by atoms with E-state index in [1.807, 2.05) is 18.2 Å². The summed E-state index contributed by atoms with van der Waals surface area (Å²) in [4.78, 5) is 43.8. The zero-order valence-electron chi connectivity index (χ0n) is 16.7. The maximum absolute atomic E-state index is 13.2. The first kappa shape index (κ1) is 22.1. The highest BCUT2D eigenvalue weighted by molar-refractivity contribution is 9.10. The second kappa shape index (κ2) is 8.79. The third-order valence-electron chi connectivity index (χ3n) is 5.54. The minimum atomic E-state index is -0.890. The number of amides is 2. The van der Waals surface area contributed by atoms with Crippen LogP contribution in [0.15, 0.2) is 33.1 Å². The molecule has 1 saturated heterocycles. The van der Waals surface area contributed by atoms with E-state index in [0.717, 1.165) is 26.4 Å². The van der Waals surface area contributed by atoms with Crippen molar-refractivity contribution in [1.29, 1.82) is 0 Å². The molecule has 1 spiro atoms. The Labute approximate surface area is 195 Å². The van der Waals surface area contributed by atoms with Crippen molar-refractivity contribution in [3.63, 3.8) is 0 Å². The van der Waals surface area contributed by atoms with Crippen LogP contribution in [0.4, 0.5) is 10.5 Å². The van der Waals surface area contributed by atoms with Crippen molar-refractivity contribution >= 4 is 62.7 Å². The molecule has 2 aliphatic heterocycles. The predicted octanol–water partition coefficient (Wildman–Crippen LogP) is 3.38. The van der Waals surface area contributed by atoms with Gasteiger partial charge in [-0.25, -0.2) is 9.78 Å². The van der Waals surface area contributed by atoms with Crippen molar-refractivity contribution in [3.8, 4) is 0 Å². The predicted molar refractivity (Wildman–Crippen MR) is 121 cm³/mol. The molecule has 0 bridgehead atoms. The number of thiazole rings is 1. The number of hydrogen-bond acceptors (Lipinski definition) is 7. The fourth-order valence-corrected chi connectivity index (χ4v) is 6.26. The Balaban J connectivity index is 1.54. The molecule has 1 unspecified atom stereocenters. The van der Waals surface area contributed by atoms with Crippen LogP contribution in [-0.2, 0) is 26.2 Å². The number of carboxylic acids is 1. The number of rotatable bonds is 5. The highest BCUT2D eigenvalue weighted by Crippen LogP contribution is 2.47. The Morgan fingerprint density at radius 2 is 2.16 bits per heavy atom. The van der Waals surface area contributed by atoms with Gasteiger partial charge in [-0.3, -0.25) is 9.59 Å². The lowest BCUT2D eigenvalue weighted by atomic mass is 9.81. The first-order valence-corrected chi connectivity index (χ1v) is 12.1. The lowest BCUT2D eigenvalue weighted by molar-refractivity contribution is -0.133. The molecular weight excluding hydrogens is 506 g/mol. The molecule has 3 heterocycles. The van der Waals surface area contributed by atoms with Crippen molar-refractivity contribution in [2.45, 2.75) is 22.5 Å². The van der Waals surface area contributed by atoms with Crippen LogP contribution in [0.5, 0.6) is 0 Å². The molecule has 0 aliphatic carbocycles. The average Bonchev–Trinajstić information content (AvgIpc) is 3.45. The lowest BCUT2D eigenvalue weighted by Crippen LogP contribution is -2.40. The van der Waals surface area contributed by atoms with Gasteiger partial charge in [0.15, 0.2) is 0 Å². The SMILES string of the molecule is COC(=O)N1CCC2(C1)CN(C(=O)Cc1ncc(SCC(=O)O)s1)c1ccc(Br)cc12. The van der Waals surface area contributed by atoms with Crippen LogP contribution in [0.1, 0.15) is 17.0 Å². The van der Waals surface area contributed by atoms with Crippen LogP contribution >= 0.6 is 39.0 Å². The van der Waals surface area contributed by atoms with Crippen molar-refractivity contribution in [2.75, 3.05) is 37.4 Å². The molecular formula is C20H20BrN3O5S2. The van der Waals surface area contributed by atoms with Crippen molar-refractivity contribution in [3.05, 3.63) is 39.4 Å². The van der Waals surface area contributed by atoms with Crippen molar-refractivity contribution in [1.82, 2.24) is 9.88 Å². The molecule has 1 aromatic heterocycles. The number of aromatic nitrogens is 1. The molecule has 4 rings (SSSR count). The number of halogens is 1. The van der Waals surface area contributed by atoms with E-state index in [1.54, 1.807) is 16.0 Å².